The number of benzene rings is 6. The number of halogens is 1. The van der Waals surface area contributed by atoms with Gasteiger partial charge in [-0.25, -0.2) is 4.39 Å². The topological polar surface area (TPSA) is 149 Å². The van der Waals surface area contributed by atoms with Gasteiger partial charge in [0.2, 0.25) is 6.36 Å². The van der Waals surface area contributed by atoms with Crippen LogP contribution in [0.15, 0.2) is 184 Å². The first-order valence-corrected chi connectivity index (χ1v) is 32.1. The Morgan fingerprint density at radius 1 is 0.363 bits per heavy atom. The zero-order valence-corrected chi connectivity index (χ0v) is 51.6. The predicted octanol–water partition coefficient (Wildman–Crippen LogP) is 10.7. The van der Waals surface area contributed by atoms with E-state index in [-0.39, 0.29) is 79.3 Å². The van der Waals surface area contributed by atoms with Crippen molar-refractivity contribution in [2.45, 2.75) is 170 Å². The van der Waals surface area contributed by atoms with Crippen LogP contribution < -0.4 is 0 Å². The van der Waals surface area contributed by atoms with E-state index in [1.165, 1.54) is 5.56 Å². The number of aryl methyl sites for hydroxylation is 6. The fourth-order valence-corrected chi connectivity index (χ4v) is 13.4. The maximum Gasteiger partial charge on any atom is 0.228 e. The Balaban J connectivity index is 0.949. The molecule has 0 aliphatic carbocycles. The van der Waals surface area contributed by atoms with Crippen molar-refractivity contribution in [3.05, 3.63) is 250 Å². The summed E-state index contributed by atoms with van der Waals surface area (Å²) in [6, 6.07) is 49.3. The molecule has 0 saturated carbocycles. The SMILES string of the molecule is C=CCO[C@H]1[C@@H](O[C@H]2[C@@H]3OCc4ccccc4CCc4ccccc4COC[C@H]2OC(F)[C@@H]3OCC=C)O[C@@H]2COCc3ccccc3CCc3ccccc3CO[C@H]1[C@@H]2O[C@H]1O[C@@H]2COCc3ccccc3CCc3ccccc3CO[C@@H]([C@@H]2O)[C@H]1OCC=C. The van der Waals surface area contributed by atoms with Crippen molar-refractivity contribution in [3.8, 4) is 0 Å². The molecule has 1 N–H and O–H groups in total. The third-order valence-electron chi connectivity index (χ3n) is 18.2. The Hall–Kier alpha value is -6.13. The van der Waals surface area contributed by atoms with Crippen LogP contribution in [0.1, 0.15) is 66.8 Å². The molecule has 1 unspecified atom stereocenters. The van der Waals surface area contributed by atoms with E-state index in [9.17, 15) is 5.11 Å². The minimum atomic E-state index is -1.96. The summed E-state index contributed by atoms with van der Waals surface area (Å²) in [4.78, 5) is 0. The van der Waals surface area contributed by atoms with Crippen molar-refractivity contribution in [1.29, 1.82) is 0 Å². The molecule has 15 nitrogen and oxygen atoms in total. The zero-order chi connectivity index (χ0) is 62.3. The van der Waals surface area contributed by atoms with E-state index in [0.717, 1.165) is 99.7 Å². The van der Waals surface area contributed by atoms with Gasteiger partial charge in [0.25, 0.3) is 0 Å². The van der Waals surface area contributed by atoms with Gasteiger partial charge in [-0.1, -0.05) is 164 Å². The van der Waals surface area contributed by atoms with Crippen LogP contribution in [0.5, 0.6) is 0 Å². The van der Waals surface area contributed by atoms with Crippen molar-refractivity contribution in [3.63, 3.8) is 0 Å². The number of aliphatic hydroxyl groups excluding tert-OH is 1. The average molecular weight is 1250 g/mol. The summed E-state index contributed by atoms with van der Waals surface area (Å²) in [5.74, 6) is 0. The molecule has 0 aromatic heterocycles. The van der Waals surface area contributed by atoms with Gasteiger partial charge in [0.05, 0.1) is 79.3 Å². The second-order valence-electron chi connectivity index (χ2n) is 24.0. The summed E-state index contributed by atoms with van der Waals surface area (Å²) in [5.41, 5.74) is 12.7. The Labute approximate surface area is 533 Å². The van der Waals surface area contributed by atoms with Gasteiger partial charge in [-0.3, -0.25) is 0 Å². The smallest absolute Gasteiger partial charge is 0.228 e. The van der Waals surface area contributed by atoms with E-state index in [0.29, 0.717) is 0 Å². The molecule has 6 aliphatic rings. The molecular weight excluding hydrogens is 1160 g/mol. The number of hydrogen-bond donors (Lipinski definition) is 1. The summed E-state index contributed by atoms with van der Waals surface area (Å²) in [6.07, 6.45) is -8.29. The molecule has 482 valence electrons. The van der Waals surface area contributed by atoms with Crippen molar-refractivity contribution < 1.29 is 75.8 Å². The van der Waals surface area contributed by atoms with Gasteiger partial charge >= 0.3 is 0 Å². The average Bonchev–Trinajstić information content (AvgIpc) is 0.957. The Morgan fingerprint density at radius 3 is 1.02 bits per heavy atom. The number of ether oxygens (including phenoxy) is 14. The third kappa shape index (κ3) is 15.9. The maximum atomic E-state index is 17.1. The van der Waals surface area contributed by atoms with Gasteiger partial charge in [-0.05, 0) is 105 Å². The number of aliphatic hydroxyl groups is 1. The van der Waals surface area contributed by atoms with Crippen LogP contribution in [0.2, 0.25) is 0 Å². The Kier molecular flexibility index (Phi) is 22.9. The van der Waals surface area contributed by atoms with Crippen molar-refractivity contribution in [1.82, 2.24) is 0 Å². The Bertz CT molecular complexity index is 3320. The molecule has 12 rings (SSSR count). The molecule has 15 atom stereocenters. The predicted molar refractivity (Wildman–Crippen MR) is 338 cm³/mol. The molecule has 6 aliphatic heterocycles. The first-order valence-electron chi connectivity index (χ1n) is 32.1. The summed E-state index contributed by atoms with van der Waals surface area (Å²) in [6.45, 7) is 13.0. The molecular formula is C75H85FO15. The van der Waals surface area contributed by atoms with Crippen LogP contribution in [-0.4, -0.2) is 137 Å². The molecule has 0 radical (unpaired) electrons. The molecule has 6 aromatic rings. The second-order valence-corrected chi connectivity index (χ2v) is 24.0. The van der Waals surface area contributed by atoms with Gasteiger partial charge in [0.15, 0.2) is 12.6 Å². The van der Waals surface area contributed by atoms with Crippen molar-refractivity contribution >= 4 is 0 Å². The molecule has 16 heteroatoms. The van der Waals surface area contributed by atoms with Crippen LogP contribution in [-0.2, 0) is 144 Å². The molecule has 0 amide bonds. The molecule has 91 heavy (non-hydrogen) atoms. The van der Waals surface area contributed by atoms with E-state index in [4.69, 9.17) is 66.3 Å². The summed E-state index contributed by atoms with van der Waals surface area (Å²) in [5, 5.41) is 12.6. The lowest BCUT2D eigenvalue weighted by atomic mass is 9.94. The van der Waals surface area contributed by atoms with E-state index in [1.54, 1.807) is 18.2 Å². The van der Waals surface area contributed by atoms with E-state index < -0.39 is 92.2 Å². The van der Waals surface area contributed by atoms with E-state index in [1.807, 2.05) is 78.9 Å². The highest BCUT2D eigenvalue weighted by atomic mass is 19.1. The lowest BCUT2D eigenvalue weighted by Gasteiger charge is -2.51. The maximum absolute atomic E-state index is 17.1. The van der Waals surface area contributed by atoms with Crippen LogP contribution in [0, 0.1) is 0 Å². The number of rotatable bonds is 13. The molecule has 6 aromatic carbocycles. The number of fused-ring (bicyclic) bond motifs is 12. The van der Waals surface area contributed by atoms with Gasteiger partial charge in [-0.15, -0.1) is 19.7 Å². The molecule has 6 bridgehead atoms. The quantitative estimate of drug-likeness (QED) is 0.109. The zero-order valence-electron chi connectivity index (χ0n) is 51.6. The lowest BCUT2D eigenvalue weighted by Crippen LogP contribution is -2.68. The van der Waals surface area contributed by atoms with Crippen LogP contribution in [0.4, 0.5) is 4.39 Å². The van der Waals surface area contributed by atoms with Crippen LogP contribution in [0.3, 0.4) is 0 Å². The standard InChI is InChI=1S/C75H85FO15/c1-4-37-81-70-68-65(62(87-73(70)76)47-79-41-56-26-14-8-20-50(56)32-35-53-23-11-17-29-59(53)44-85-68)90-75-72(83-39-6-3)69-66(63(89-75)48-80-42-57-27-15-9-21-51(57)33-36-54-24-12-18-30-60(54)45-86-69)91-74-71(82-38-5-2)67-64(77)61(88-74)46-78-40-55-25-13-7-19-49(55)31-34-52-22-10-16-28-58(52)43-84-67/h4-30,61-75,77H,1-3,31-48H2/t61-,62-,63-,64-,65-,66-,67+,68+,69+,70-,71-,72-,73?,74-,75-/m1/s1. The minimum absolute atomic E-state index is 0.00257. The second kappa shape index (κ2) is 32.1. The fraction of sp³-hybridized carbons (Fsp3) is 0.440. The minimum Gasteiger partial charge on any atom is -0.387 e. The highest BCUT2D eigenvalue weighted by Crippen LogP contribution is 2.40. The van der Waals surface area contributed by atoms with Crippen molar-refractivity contribution in [2.75, 3.05) is 39.6 Å². The highest BCUT2D eigenvalue weighted by molar-refractivity contribution is 5.34. The lowest BCUT2D eigenvalue weighted by molar-refractivity contribution is -0.388. The summed E-state index contributed by atoms with van der Waals surface area (Å²) < 4.78 is 114. The van der Waals surface area contributed by atoms with Crippen molar-refractivity contribution in [2.24, 2.45) is 0 Å². The van der Waals surface area contributed by atoms with Gasteiger partial charge in [0.1, 0.15) is 73.2 Å². The monoisotopic (exact) mass is 1240 g/mol. The van der Waals surface area contributed by atoms with E-state index in [2.05, 4.69) is 86.5 Å². The normalized spacial score (nSPS) is 30.1. The molecule has 0 spiro atoms. The number of alkyl halides is 1. The van der Waals surface area contributed by atoms with Crippen LogP contribution >= 0.6 is 0 Å². The van der Waals surface area contributed by atoms with Gasteiger partial charge in [-0.2, -0.15) is 0 Å². The summed E-state index contributed by atoms with van der Waals surface area (Å²) >= 11 is 0. The Morgan fingerprint density at radius 2 is 0.648 bits per heavy atom. The van der Waals surface area contributed by atoms with E-state index >= 15 is 4.39 Å². The first kappa shape index (κ1) is 65.0. The van der Waals surface area contributed by atoms with Crippen LogP contribution in [0.25, 0.3) is 0 Å². The number of hydrogen-bond acceptors (Lipinski definition) is 15. The highest BCUT2D eigenvalue weighted by Gasteiger charge is 2.57. The molecule has 3 saturated heterocycles. The third-order valence-corrected chi connectivity index (χ3v) is 18.2. The van der Waals surface area contributed by atoms with Gasteiger partial charge in [0, 0.05) is 0 Å². The molecule has 3 fully saturated rings. The fourth-order valence-electron chi connectivity index (χ4n) is 13.4. The first-order chi connectivity index (χ1) is 44.8. The van der Waals surface area contributed by atoms with Gasteiger partial charge < -0.3 is 71.4 Å². The summed E-state index contributed by atoms with van der Waals surface area (Å²) in [7, 11) is 0. The molecule has 6 heterocycles. The largest absolute Gasteiger partial charge is 0.387 e.